The minimum atomic E-state index is -0.0913. The van der Waals surface area contributed by atoms with Crippen LogP contribution in [0.3, 0.4) is 0 Å². The summed E-state index contributed by atoms with van der Waals surface area (Å²) < 4.78 is 5.77. The Kier molecular flexibility index (Phi) is 6.02. The van der Waals surface area contributed by atoms with Gasteiger partial charge in [0.1, 0.15) is 5.75 Å². The summed E-state index contributed by atoms with van der Waals surface area (Å²) in [7, 11) is 0. The highest BCUT2D eigenvalue weighted by Gasteiger charge is 2.19. The number of hydrogen-bond acceptors (Lipinski definition) is 2. The minimum absolute atomic E-state index is 0.0227. The molecule has 0 heterocycles. The highest BCUT2D eigenvalue weighted by Crippen LogP contribution is 2.32. The van der Waals surface area contributed by atoms with Crippen LogP contribution >= 0.6 is 0 Å². The second-order valence-corrected chi connectivity index (χ2v) is 7.12. The van der Waals surface area contributed by atoms with Gasteiger partial charge in [-0.05, 0) is 36.0 Å². The SMILES string of the molecule is Cc1ccc(OCC(=O)NCCc2ccccc2)c(C(C)(C)C)c1. The van der Waals surface area contributed by atoms with Crippen LogP contribution in [0.25, 0.3) is 0 Å². The Bertz CT molecular complexity index is 672. The average molecular weight is 325 g/mol. The van der Waals surface area contributed by atoms with Gasteiger partial charge in [0.25, 0.3) is 5.91 Å². The Labute approximate surface area is 145 Å². The van der Waals surface area contributed by atoms with Crippen molar-refractivity contribution in [1.29, 1.82) is 0 Å². The first-order valence-corrected chi connectivity index (χ1v) is 8.41. The van der Waals surface area contributed by atoms with Crippen molar-refractivity contribution in [2.24, 2.45) is 0 Å². The monoisotopic (exact) mass is 325 g/mol. The molecule has 0 aromatic heterocycles. The number of amides is 1. The van der Waals surface area contributed by atoms with Crippen molar-refractivity contribution in [3.8, 4) is 5.75 Å². The summed E-state index contributed by atoms with van der Waals surface area (Å²) in [6.07, 6.45) is 0.824. The molecule has 1 amide bonds. The molecule has 0 atom stereocenters. The standard InChI is InChI=1S/C21H27NO2/c1-16-10-11-19(18(14-16)21(2,3)4)24-15-20(23)22-13-12-17-8-6-5-7-9-17/h5-11,14H,12-13,15H2,1-4H3,(H,22,23). The lowest BCUT2D eigenvalue weighted by Crippen LogP contribution is -2.31. The molecule has 0 unspecified atom stereocenters. The van der Waals surface area contributed by atoms with E-state index >= 15 is 0 Å². The van der Waals surface area contributed by atoms with Gasteiger partial charge in [0.15, 0.2) is 6.61 Å². The fraction of sp³-hybridized carbons (Fsp3) is 0.381. The number of carbonyl (C=O) groups is 1. The zero-order valence-corrected chi connectivity index (χ0v) is 15.1. The number of hydrogen-bond donors (Lipinski definition) is 1. The third-order valence-electron chi connectivity index (χ3n) is 3.88. The Morgan fingerprint density at radius 2 is 1.79 bits per heavy atom. The lowest BCUT2D eigenvalue weighted by molar-refractivity contribution is -0.123. The highest BCUT2D eigenvalue weighted by molar-refractivity contribution is 5.77. The van der Waals surface area contributed by atoms with Crippen LogP contribution in [-0.2, 0) is 16.6 Å². The Balaban J connectivity index is 1.86. The zero-order valence-electron chi connectivity index (χ0n) is 15.1. The molecule has 3 heteroatoms. The lowest BCUT2D eigenvalue weighted by Gasteiger charge is -2.23. The van der Waals surface area contributed by atoms with Crippen LogP contribution in [0.2, 0.25) is 0 Å². The van der Waals surface area contributed by atoms with Gasteiger partial charge in [-0.15, -0.1) is 0 Å². The first-order chi connectivity index (χ1) is 11.4. The van der Waals surface area contributed by atoms with E-state index in [4.69, 9.17) is 4.74 Å². The Morgan fingerprint density at radius 1 is 1.08 bits per heavy atom. The second kappa shape index (κ2) is 8.00. The van der Waals surface area contributed by atoms with E-state index in [9.17, 15) is 4.79 Å². The van der Waals surface area contributed by atoms with Crippen LogP contribution in [0.15, 0.2) is 48.5 Å². The van der Waals surface area contributed by atoms with Crippen LogP contribution in [0.4, 0.5) is 0 Å². The van der Waals surface area contributed by atoms with Crippen molar-refractivity contribution in [3.05, 3.63) is 65.2 Å². The van der Waals surface area contributed by atoms with Gasteiger partial charge in [0.2, 0.25) is 0 Å². The van der Waals surface area contributed by atoms with E-state index in [0.29, 0.717) is 6.54 Å². The molecule has 3 nitrogen and oxygen atoms in total. The first-order valence-electron chi connectivity index (χ1n) is 8.41. The number of benzene rings is 2. The summed E-state index contributed by atoms with van der Waals surface area (Å²) in [5.74, 6) is 0.692. The summed E-state index contributed by atoms with van der Waals surface area (Å²) in [4.78, 5) is 12.0. The summed E-state index contributed by atoms with van der Waals surface area (Å²) in [6.45, 7) is 9.17. The fourth-order valence-corrected chi connectivity index (χ4v) is 2.54. The van der Waals surface area contributed by atoms with Gasteiger partial charge >= 0.3 is 0 Å². The number of rotatable bonds is 6. The molecule has 0 aliphatic rings. The van der Waals surface area contributed by atoms with Crippen LogP contribution in [0.1, 0.15) is 37.5 Å². The van der Waals surface area contributed by atoms with Gasteiger partial charge in [0, 0.05) is 6.54 Å². The summed E-state index contributed by atoms with van der Waals surface area (Å²) in [6, 6.07) is 16.2. The van der Waals surface area contributed by atoms with Crippen LogP contribution in [0, 0.1) is 6.92 Å². The molecule has 0 radical (unpaired) electrons. The van der Waals surface area contributed by atoms with E-state index in [1.54, 1.807) is 0 Å². The lowest BCUT2D eigenvalue weighted by atomic mass is 9.85. The molecule has 128 valence electrons. The highest BCUT2D eigenvalue weighted by atomic mass is 16.5. The molecule has 2 aromatic carbocycles. The van der Waals surface area contributed by atoms with Crippen molar-refractivity contribution < 1.29 is 9.53 Å². The third kappa shape index (κ3) is 5.41. The molecule has 0 saturated heterocycles. The smallest absolute Gasteiger partial charge is 0.257 e. The molecule has 0 spiro atoms. The van der Waals surface area contributed by atoms with E-state index in [1.807, 2.05) is 30.3 Å². The number of nitrogens with one attached hydrogen (secondary N) is 1. The van der Waals surface area contributed by atoms with Crippen molar-refractivity contribution in [2.75, 3.05) is 13.2 Å². The largest absolute Gasteiger partial charge is 0.483 e. The second-order valence-electron chi connectivity index (χ2n) is 7.12. The molecule has 1 N–H and O–H groups in total. The quantitative estimate of drug-likeness (QED) is 0.871. The van der Waals surface area contributed by atoms with Crippen molar-refractivity contribution in [3.63, 3.8) is 0 Å². The molecule has 0 aliphatic carbocycles. The number of ether oxygens (including phenoxy) is 1. The van der Waals surface area contributed by atoms with Gasteiger partial charge in [-0.25, -0.2) is 0 Å². The predicted molar refractivity (Wildman–Crippen MR) is 98.5 cm³/mol. The van der Waals surface area contributed by atoms with E-state index in [-0.39, 0.29) is 17.9 Å². The Hall–Kier alpha value is -2.29. The molecule has 0 aliphatic heterocycles. The maximum atomic E-state index is 12.0. The van der Waals surface area contributed by atoms with Gasteiger partial charge in [-0.2, -0.15) is 0 Å². The molecule has 24 heavy (non-hydrogen) atoms. The first kappa shape index (κ1) is 18.1. The van der Waals surface area contributed by atoms with Crippen molar-refractivity contribution in [2.45, 2.75) is 39.5 Å². The van der Waals surface area contributed by atoms with Crippen LogP contribution in [-0.4, -0.2) is 19.1 Å². The Morgan fingerprint density at radius 3 is 2.46 bits per heavy atom. The van der Waals surface area contributed by atoms with E-state index in [2.05, 4.69) is 51.2 Å². The number of aryl methyl sites for hydroxylation is 1. The fourth-order valence-electron chi connectivity index (χ4n) is 2.54. The normalized spacial score (nSPS) is 11.2. The van der Waals surface area contributed by atoms with E-state index in [0.717, 1.165) is 17.7 Å². The van der Waals surface area contributed by atoms with Crippen LogP contribution < -0.4 is 10.1 Å². The van der Waals surface area contributed by atoms with Gasteiger partial charge in [-0.3, -0.25) is 4.79 Å². The zero-order chi connectivity index (χ0) is 17.6. The minimum Gasteiger partial charge on any atom is -0.483 e. The molecule has 2 aromatic rings. The molecule has 0 saturated carbocycles. The third-order valence-corrected chi connectivity index (χ3v) is 3.88. The van der Waals surface area contributed by atoms with Gasteiger partial charge in [0.05, 0.1) is 0 Å². The molecule has 0 bridgehead atoms. The van der Waals surface area contributed by atoms with Crippen molar-refractivity contribution in [1.82, 2.24) is 5.32 Å². The molecule has 0 fully saturated rings. The topological polar surface area (TPSA) is 38.3 Å². The average Bonchev–Trinajstić information content (AvgIpc) is 2.54. The predicted octanol–water partition coefficient (Wildman–Crippen LogP) is 4.03. The van der Waals surface area contributed by atoms with Gasteiger partial charge < -0.3 is 10.1 Å². The summed E-state index contributed by atoms with van der Waals surface area (Å²) in [5, 5.41) is 2.91. The summed E-state index contributed by atoms with van der Waals surface area (Å²) >= 11 is 0. The maximum absolute atomic E-state index is 12.0. The summed E-state index contributed by atoms with van der Waals surface area (Å²) in [5.41, 5.74) is 3.51. The van der Waals surface area contributed by atoms with Crippen molar-refractivity contribution >= 4 is 5.91 Å². The molecular weight excluding hydrogens is 298 g/mol. The van der Waals surface area contributed by atoms with E-state index in [1.165, 1.54) is 11.1 Å². The molecular formula is C21H27NO2. The van der Waals surface area contributed by atoms with E-state index < -0.39 is 0 Å². The number of carbonyl (C=O) groups excluding carboxylic acids is 1. The van der Waals surface area contributed by atoms with Crippen LogP contribution in [0.5, 0.6) is 5.75 Å². The maximum Gasteiger partial charge on any atom is 0.257 e. The van der Waals surface area contributed by atoms with Gasteiger partial charge in [-0.1, -0.05) is 68.8 Å². The molecule has 2 rings (SSSR count).